The molecule has 28 heavy (non-hydrogen) atoms. The predicted molar refractivity (Wildman–Crippen MR) is 112 cm³/mol. The Bertz CT molecular complexity index is 1060. The minimum absolute atomic E-state index is 0. The quantitative estimate of drug-likeness (QED) is 0.696. The summed E-state index contributed by atoms with van der Waals surface area (Å²) in [6, 6.07) is 12.9. The van der Waals surface area contributed by atoms with Gasteiger partial charge in [0.2, 0.25) is 0 Å². The summed E-state index contributed by atoms with van der Waals surface area (Å²) in [4.78, 5) is 2.32. The smallest absolute Gasteiger partial charge is 0.268 e. The van der Waals surface area contributed by atoms with E-state index in [1.807, 2.05) is 18.2 Å². The van der Waals surface area contributed by atoms with Crippen LogP contribution in [0.3, 0.4) is 0 Å². The molecule has 8 heteroatoms. The summed E-state index contributed by atoms with van der Waals surface area (Å²) in [5.74, 6) is -0.461. The van der Waals surface area contributed by atoms with E-state index in [0.29, 0.717) is 11.6 Å². The van der Waals surface area contributed by atoms with Crippen molar-refractivity contribution in [1.82, 2.24) is 9.29 Å². The number of anilines is 1. The van der Waals surface area contributed by atoms with Crippen molar-refractivity contribution in [2.24, 2.45) is 0 Å². The summed E-state index contributed by atoms with van der Waals surface area (Å²) in [6.45, 7) is 1.98. The molecule has 1 aliphatic heterocycles. The number of nitrogens with zero attached hydrogens (tertiary/aromatic N) is 2. The lowest BCUT2D eigenvalue weighted by Crippen LogP contribution is -2.41. The summed E-state index contributed by atoms with van der Waals surface area (Å²) in [5, 5.41) is 4.26. The lowest BCUT2D eigenvalue weighted by molar-refractivity contribution is 0.444. The maximum absolute atomic E-state index is 13.2. The van der Waals surface area contributed by atoms with E-state index in [1.165, 1.54) is 16.1 Å². The van der Waals surface area contributed by atoms with Crippen LogP contribution < -0.4 is 10.2 Å². The Morgan fingerprint density at radius 2 is 1.75 bits per heavy atom. The highest BCUT2D eigenvalue weighted by Gasteiger charge is 2.23. The van der Waals surface area contributed by atoms with Gasteiger partial charge in [0, 0.05) is 30.4 Å². The minimum Gasteiger partial charge on any atom is -0.371 e. The van der Waals surface area contributed by atoms with E-state index < -0.39 is 15.8 Å². The molecular weight excluding hydrogens is 401 g/mol. The summed E-state index contributed by atoms with van der Waals surface area (Å²) < 4.78 is 40.5. The van der Waals surface area contributed by atoms with Gasteiger partial charge in [0.15, 0.2) is 0 Å². The highest BCUT2D eigenvalue weighted by molar-refractivity contribution is 7.90. The van der Waals surface area contributed by atoms with Crippen LogP contribution in [-0.4, -0.2) is 38.6 Å². The number of halogens is 2. The van der Waals surface area contributed by atoms with Gasteiger partial charge in [-0.2, -0.15) is 0 Å². The van der Waals surface area contributed by atoms with Gasteiger partial charge in [-0.3, -0.25) is 0 Å². The van der Waals surface area contributed by atoms with Gasteiger partial charge in [0.25, 0.3) is 10.0 Å². The zero-order valence-electron chi connectivity index (χ0n) is 15.5. The lowest BCUT2D eigenvalue weighted by Gasteiger charge is -2.33. The zero-order chi connectivity index (χ0) is 19.0. The molecule has 0 atom stereocenters. The van der Waals surface area contributed by atoms with Crippen molar-refractivity contribution >= 4 is 39.0 Å². The number of aromatic nitrogens is 1. The van der Waals surface area contributed by atoms with E-state index in [2.05, 4.69) is 17.3 Å². The molecule has 0 aliphatic carbocycles. The fourth-order valence-electron chi connectivity index (χ4n) is 3.75. The normalized spacial score (nSPS) is 15.4. The Balaban J connectivity index is 0.00000225. The van der Waals surface area contributed by atoms with Crippen LogP contribution in [0.25, 0.3) is 10.9 Å². The van der Waals surface area contributed by atoms with Gasteiger partial charge in [-0.05, 0) is 68.4 Å². The standard InChI is InChI=1S/C20H22FN3O2S.ClH/c1-23(16-9-12-22-13-10-16)19-3-2-4-20-18(19)11-14-24(20)27(25,26)17-7-5-15(21)6-8-17;/h2-8,11,14,16,22H,9-10,12-13H2,1H3;1H. The molecule has 150 valence electrons. The van der Waals surface area contributed by atoms with E-state index in [4.69, 9.17) is 0 Å². The topological polar surface area (TPSA) is 54.3 Å². The Labute approximate surface area is 170 Å². The van der Waals surface area contributed by atoms with Gasteiger partial charge < -0.3 is 10.2 Å². The van der Waals surface area contributed by atoms with Gasteiger partial charge in [-0.15, -0.1) is 12.4 Å². The van der Waals surface area contributed by atoms with E-state index in [1.54, 1.807) is 12.3 Å². The first-order valence-electron chi connectivity index (χ1n) is 9.03. The van der Waals surface area contributed by atoms with Crippen LogP contribution in [0.1, 0.15) is 12.8 Å². The van der Waals surface area contributed by atoms with E-state index in [9.17, 15) is 12.8 Å². The molecule has 0 spiro atoms. The maximum Gasteiger partial charge on any atom is 0.268 e. The average Bonchev–Trinajstić information content (AvgIpc) is 3.13. The molecule has 5 nitrogen and oxygen atoms in total. The first-order valence-corrected chi connectivity index (χ1v) is 10.5. The largest absolute Gasteiger partial charge is 0.371 e. The SMILES string of the molecule is CN(c1cccc2c1ccn2S(=O)(=O)c1ccc(F)cc1)C1CCNCC1.Cl. The van der Waals surface area contributed by atoms with E-state index in [0.717, 1.165) is 49.1 Å². The first-order chi connectivity index (χ1) is 13.0. The van der Waals surface area contributed by atoms with E-state index in [-0.39, 0.29) is 17.3 Å². The number of rotatable bonds is 4. The molecule has 2 aromatic carbocycles. The minimum atomic E-state index is -3.78. The molecule has 1 aliphatic rings. The fourth-order valence-corrected chi connectivity index (χ4v) is 5.10. The number of hydrogen-bond donors (Lipinski definition) is 1. The van der Waals surface area contributed by atoms with Gasteiger partial charge >= 0.3 is 0 Å². The van der Waals surface area contributed by atoms with Crippen molar-refractivity contribution in [2.75, 3.05) is 25.0 Å². The molecule has 2 heterocycles. The lowest BCUT2D eigenvalue weighted by atomic mass is 10.0. The molecule has 3 aromatic rings. The van der Waals surface area contributed by atoms with E-state index >= 15 is 0 Å². The molecule has 4 rings (SSSR count). The summed E-state index contributed by atoms with van der Waals surface area (Å²) in [7, 11) is -1.72. The molecule has 0 amide bonds. The number of piperidine rings is 1. The third kappa shape index (κ3) is 3.62. The van der Waals surface area contributed by atoms with Crippen molar-refractivity contribution in [2.45, 2.75) is 23.8 Å². The molecule has 1 aromatic heterocycles. The molecule has 0 saturated carbocycles. The van der Waals surface area contributed by atoms with Crippen LogP contribution in [-0.2, 0) is 10.0 Å². The average molecular weight is 424 g/mol. The van der Waals surface area contributed by atoms with Gasteiger partial charge in [-0.1, -0.05) is 6.07 Å². The number of nitrogens with one attached hydrogen (secondary N) is 1. The molecule has 0 unspecified atom stereocenters. The van der Waals surface area contributed by atoms with Crippen molar-refractivity contribution < 1.29 is 12.8 Å². The van der Waals surface area contributed by atoms with Crippen LogP contribution in [0.2, 0.25) is 0 Å². The summed E-state index contributed by atoms with van der Waals surface area (Å²) >= 11 is 0. The number of fused-ring (bicyclic) bond motifs is 1. The van der Waals surface area contributed by atoms with Gasteiger partial charge in [-0.25, -0.2) is 16.8 Å². The second-order valence-corrected chi connectivity index (χ2v) is 8.69. The second kappa shape index (κ2) is 8.11. The third-order valence-electron chi connectivity index (χ3n) is 5.28. The van der Waals surface area contributed by atoms with Crippen molar-refractivity contribution in [3.05, 3.63) is 60.5 Å². The van der Waals surface area contributed by atoms with Crippen LogP contribution in [0.4, 0.5) is 10.1 Å². The Morgan fingerprint density at radius 3 is 2.43 bits per heavy atom. The highest BCUT2D eigenvalue weighted by Crippen LogP contribution is 2.31. The summed E-state index contributed by atoms with van der Waals surface area (Å²) in [5.41, 5.74) is 1.64. The highest BCUT2D eigenvalue weighted by atomic mass is 35.5. The third-order valence-corrected chi connectivity index (χ3v) is 6.99. The summed E-state index contributed by atoms with van der Waals surface area (Å²) in [6.07, 6.45) is 3.69. The predicted octanol–water partition coefficient (Wildman–Crippen LogP) is 3.63. The van der Waals surface area contributed by atoms with Gasteiger partial charge in [0.05, 0.1) is 10.4 Å². The van der Waals surface area contributed by atoms with Crippen LogP contribution in [0.5, 0.6) is 0 Å². The molecular formula is C20H23ClFN3O2S. The fraction of sp³-hybridized carbons (Fsp3) is 0.300. The van der Waals surface area contributed by atoms with Crippen LogP contribution >= 0.6 is 12.4 Å². The molecule has 1 saturated heterocycles. The molecule has 1 fully saturated rings. The van der Waals surface area contributed by atoms with Crippen molar-refractivity contribution in [3.63, 3.8) is 0 Å². The second-order valence-electron chi connectivity index (χ2n) is 6.87. The van der Waals surface area contributed by atoms with Crippen molar-refractivity contribution in [3.8, 4) is 0 Å². The number of benzene rings is 2. The first kappa shape index (κ1) is 20.6. The monoisotopic (exact) mass is 423 g/mol. The maximum atomic E-state index is 13.2. The van der Waals surface area contributed by atoms with Crippen molar-refractivity contribution in [1.29, 1.82) is 0 Å². The Kier molecular flexibility index (Phi) is 5.98. The Morgan fingerprint density at radius 1 is 1.07 bits per heavy atom. The molecule has 0 bridgehead atoms. The van der Waals surface area contributed by atoms with Gasteiger partial charge in [0.1, 0.15) is 5.82 Å². The number of hydrogen-bond acceptors (Lipinski definition) is 4. The zero-order valence-corrected chi connectivity index (χ0v) is 17.1. The van der Waals surface area contributed by atoms with Crippen LogP contribution in [0.15, 0.2) is 59.6 Å². The van der Waals surface area contributed by atoms with Crippen LogP contribution in [0, 0.1) is 5.82 Å². The molecule has 0 radical (unpaired) electrons. The molecule has 1 N–H and O–H groups in total. The Hall–Kier alpha value is -2.09.